The second-order valence-corrected chi connectivity index (χ2v) is 2.89. The lowest BCUT2D eigenvalue weighted by molar-refractivity contribution is 0.146. The molecular formula is C8H8FNO. The minimum absolute atomic E-state index is 0.382. The molecular weight excluding hydrogens is 145 g/mol. The molecule has 1 aliphatic carbocycles. The minimum atomic E-state index is -0.882. The van der Waals surface area contributed by atoms with Gasteiger partial charge in [0, 0.05) is 11.8 Å². The van der Waals surface area contributed by atoms with Gasteiger partial charge in [0.25, 0.3) is 0 Å². The topological polar surface area (TPSA) is 33.1 Å². The van der Waals surface area contributed by atoms with E-state index in [1.165, 1.54) is 12.3 Å². The average Bonchev–Trinajstić information content (AvgIpc) is 2.70. The van der Waals surface area contributed by atoms with E-state index in [1.54, 1.807) is 0 Å². The van der Waals surface area contributed by atoms with Crippen LogP contribution in [0.3, 0.4) is 0 Å². The second-order valence-electron chi connectivity index (χ2n) is 2.89. The Labute approximate surface area is 63.7 Å². The molecule has 1 fully saturated rings. The molecule has 1 N–H and O–H groups in total. The molecule has 1 aliphatic rings. The van der Waals surface area contributed by atoms with Crippen molar-refractivity contribution in [2.45, 2.75) is 18.4 Å². The fraction of sp³-hybridized carbons (Fsp3) is 0.375. The zero-order chi connectivity index (χ0) is 7.90. The summed E-state index contributed by atoms with van der Waals surface area (Å²) in [5, 5.41) is 9.51. The number of hydrogen-bond acceptors (Lipinski definition) is 2. The molecule has 58 valence electrons. The number of aliphatic hydroxyl groups is 1. The van der Waals surface area contributed by atoms with E-state index in [2.05, 4.69) is 4.98 Å². The summed E-state index contributed by atoms with van der Waals surface area (Å²) >= 11 is 0. The maximum absolute atomic E-state index is 12.9. The highest BCUT2D eigenvalue weighted by Crippen LogP contribution is 2.45. The SMILES string of the molecule is OC1(c2ccncc2F)CC1. The predicted octanol–water partition coefficient (Wildman–Crippen LogP) is 1.20. The van der Waals surface area contributed by atoms with Gasteiger partial charge in [0.2, 0.25) is 0 Å². The second kappa shape index (κ2) is 2.01. The molecule has 2 nitrogen and oxygen atoms in total. The van der Waals surface area contributed by atoms with Crippen LogP contribution >= 0.6 is 0 Å². The Morgan fingerprint density at radius 3 is 2.82 bits per heavy atom. The maximum Gasteiger partial charge on any atom is 0.147 e. The average molecular weight is 153 g/mol. The number of hydrogen-bond donors (Lipinski definition) is 1. The zero-order valence-electron chi connectivity index (χ0n) is 5.92. The quantitative estimate of drug-likeness (QED) is 0.657. The zero-order valence-corrected chi connectivity index (χ0v) is 5.92. The van der Waals surface area contributed by atoms with Crippen LogP contribution in [0.1, 0.15) is 18.4 Å². The first kappa shape index (κ1) is 6.73. The van der Waals surface area contributed by atoms with Crippen LogP contribution in [0.4, 0.5) is 4.39 Å². The molecule has 1 heterocycles. The van der Waals surface area contributed by atoms with Crippen LogP contribution in [-0.4, -0.2) is 10.1 Å². The molecule has 0 unspecified atom stereocenters. The molecule has 1 aromatic heterocycles. The molecule has 0 atom stereocenters. The van der Waals surface area contributed by atoms with Gasteiger partial charge in [-0.25, -0.2) is 4.39 Å². The highest BCUT2D eigenvalue weighted by molar-refractivity contribution is 5.26. The summed E-state index contributed by atoms with van der Waals surface area (Å²) in [6.45, 7) is 0. The summed E-state index contributed by atoms with van der Waals surface area (Å²) in [4.78, 5) is 3.60. The van der Waals surface area contributed by atoms with Gasteiger partial charge in [0.05, 0.1) is 11.8 Å². The lowest BCUT2D eigenvalue weighted by Gasteiger charge is -2.07. The lowest BCUT2D eigenvalue weighted by atomic mass is 10.1. The number of halogens is 1. The Morgan fingerprint density at radius 2 is 2.27 bits per heavy atom. The first-order chi connectivity index (χ1) is 5.22. The van der Waals surface area contributed by atoms with Crippen molar-refractivity contribution in [3.05, 3.63) is 29.8 Å². The summed E-state index contributed by atoms with van der Waals surface area (Å²) in [5.74, 6) is -0.410. The van der Waals surface area contributed by atoms with Gasteiger partial charge < -0.3 is 5.11 Å². The molecule has 0 radical (unpaired) electrons. The van der Waals surface area contributed by atoms with Crippen LogP contribution in [0.5, 0.6) is 0 Å². The Bertz CT molecular complexity index is 283. The minimum Gasteiger partial charge on any atom is -0.385 e. The van der Waals surface area contributed by atoms with Crippen molar-refractivity contribution < 1.29 is 9.50 Å². The molecule has 0 spiro atoms. The van der Waals surface area contributed by atoms with Crippen molar-refractivity contribution in [1.82, 2.24) is 4.98 Å². The standard InChI is InChI=1S/C8H8FNO/c9-7-5-10-4-1-6(7)8(11)2-3-8/h1,4-5,11H,2-3H2. The van der Waals surface area contributed by atoms with Gasteiger partial charge in [0.15, 0.2) is 0 Å². The van der Waals surface area contributed by atoms with Gasteiger partial charge in [0.1, 0.15) is 5.82 Å². The fourth-order valence-electron chi connectivity index (χ4n) is 1.14. The molecule has 0 aromatic carbocycles. The third-order valence-electron chi connectivity index (χ3n) is 2.00. The third-order valence-corrected chi connectivity index (χ3v) is 2.00. The van der Waals surface area contributed by atoms with Gasteiger partial charge in [-0.15, -0.1) is 0 Å². The Kier molecular flexibility index (Phi) is 1.23. The molecule has 1 aromatic rings. The van der Waals surface area contributed by atoms with Crippen LogP contribution < -0.4 is 0 Å². The number of rotatable bonds is 1. The van der Waals surface area contributed by atoms with Crippen molar-refractivity contribution in [3.63, 3.8) is 0 Å². The van der Waals surface area contributed by atoms with E-state index in [0.29, 0.717) is 18.4 Å². The predicted molar refractivity (Wildman–Crippen MR) is 37.3 cm³/mol. The molecule has 2 rings (SSSR count). The highest BCUT2D eigenvalue weighted by Gasteiger charge is 2.43. The first-order valence-electron chi connectivity index (χ1n) is 3.55. The van der Waals surface area contributed by atoms with Crippen molar-refractivity contribution in [2.75, 3.05) is 0 Å². The summed E-state index contributed by atoms with van der Waals surface area (Å²) in [5.41, 5.74) is -0.500. The Hall–Kier alpha value is -0.960. The van der Waals surface area contributed by atoms with Gasteiger partial charge in [-0.3, -0.25) is 4.98 Å². The van der Waals surface area contributed by atoms with E-state index < -0.39 is 11.4 Å². The van der Waals surface area contributed by atoms with Gasteiger partial charge in [-0.1, -0.05) is 0 Å². The Balaban J connectivity index is 2.45. The highest BCUT2D eigenvalue weighted by atomic mass is 19.1. The Morgan fingerprint density at radius 1 is 1.55 bits per heavy atom. The third kappa shape index (κ3) is 1.01. The fourth-order valence-corrected chi connectivity index (χ4v) is 1.14. The number of pyridine rings is 1. The van der Waals surface area contributed by atoms with Gasteiger partial charge in [-0.2, -0.15) is 0 Å². The first-order valence-corrected chi connectivity index (χ1v) is 3.55. The van der Waals surface area contributed by atoms with Crippen LogP contribution in [0.15, 0.2) is 18.5 Å². The lowest BCUT2D eigenvalue weighted by Crippen LogP contribution is -2.06. The van der Waals surface area contributed by atoms with Crippen molar-refractivity contribution in [2.24, 2.45) is 0 Å². The van der Waals surface area contributed by atoms with Crippen molar-refractivity contribution in [1.29, 1.82) is 0 Å². The summed E-state index contributed by atoms with van der Waals surface area (Å²) < 4.78 is 12.9. The molecule has 1 saturated carbocycles. The molecule has 0 bridgehead atoms. The van der Waals surface area contributed by atoms with E-state index in [1.807, 2.05) is 0 Å². The van der Waals surface area contributed by atoms with Crippen LogP contribution in [0.25, 0.3) is 0 Å². The number of aromatic nitrogens is 1. The summed E-state index contributed by atoms with van der Waals surface area (Å²) in [6.07, 6.45) is 3.95. The van der Waals surface area contributed by atoms with E-state index in [9.17, 15) is 9.50 Å². The van der Waals surface area contributed by atoms with Crippen molar-refractivity contribution >= 4 is 0 Å². The van der Waals surface area contributed by atoms with E-state index in [-0.39, 0.29) is 0 Å². The van der Waals surface area contributed by atoms with Gasteiger partial charge >= 0.3 is 0 Å². The van der Waals surface area contributed by atoms with Gasteiger partial charge in [-0.05, 0) is 18.9 Å². The molecule has 0 aliphatic heterocycles. The largest absolute Gasteiger partial charge is 0.385 e. The normalized spacial score (nSPS) is 19.8. The number of nitrogens with zero attached hydrogens (tertiary/aromatic N) is 1. The van der Waals surface area contributed by atoms with Crippen molar-refractivity contribution in [3.8, 4) is 0 Å². The summed E-state index contributed by atoms with van der Waals surface area (Å²) in [7, 11) is 0. The van der Waals surface area contributed by atoms with Crippen LogP contribution in [0.2, 0.25) is 0 Å². The molecule has 11 heavy (non-hydrogen) atoms. The van der Waals surface area contributed by atoms with Crippen LogP contribution in [-0.2, 0) is 5.60 Å². The van der Waals surface area contributed by atoms with E-state index in [4.69, 9.17) is 0 Å². The summed E-state index contributed by atoms with van der Waals surface area (Å²) in [6, 6.07) is 1.53. The molecule has 3 heteroatoms. The van der Waals surface area contributed by atoms with E-state index in [0.717, 1.165) is 6.20 Å². The maximum atomic E-state index is 12.9. The van der Waals surface area contributed by atoms with Crippen LogP contribution in [0, 0.1) is 5.82 Å². The van der Waals surface area contributed by atoms with E-state index >= 15 is 0 Å². The molecule has 0 amide bonds. The monoisotopic (exact) mass is 153 g/mol. The smallest absolute Gasteiger partial charge is 0.147 e. The molecule has 0 saturated heterocycles.